The van der Waals surface area contributed by atoms with Crippen LogP contribution in [-0.2, 0) is 19.1 Å². The highest BCUT2D eigenvalue weighted by Gasteiger charge is 2.33. The Hall–Kier alpha value is -3.95. The summed E-state index contributed by atoms with van der Waals surface area (Å²) in [5, 5.41) is 10.5. The number of amides is 1. The monoisotopic (exact) mass is 426 g/mol. The molecule has 1 amide bonds. The van der Waals surface area contributed by atoms with Crippen LogP contribution in [0.25, 0.3) is 5.69 Å². The maximum Gasteiger partial charge on any atom is 0.435 e. The van der Waals surface area contributed by atoms with Gasteiger partial charge in [-0.05, 0) is 54.4 Å². The molecule has 0 spiro atoms. The molecule has 3 heterocycles. The molecule has 0 fully saturated rings. The summed E-state index contributed by atoms with van der Waals surface area (Å²) in [7, 11) is 0. The maximum atomic E-state index is 12.7. The van der Waals surface area contributed by atoms with Crippen molar-refractivity contribution in [1.82, 2.24) is 24.5 Å². The van der Waals surface area contributed by atoms with Crippen LogP contribution < -0.4 is 5.32 Å². The standard InChI is InChI=1S/C21H17F3N6O/c22-21(23,24)18-8-14-30(27-18)17-3-1-16(2-4-17)20(31)26-19-9-13-29(28-19)12-7-15-5-10-25-11-6-15/h1-6,8-11,13-14H,7,12H2,(H,26,28,31). The zero-order valence-corrected chi connectivity index (χ0v) is 16.1. The van der Waals surface area contributed by atoms with Gasteiger partial charge in [0.05, 0.1) is 5.69 Å². The Morgan fingerprint density at radius 2 is 1.68 bits per heavy atom. The Morgan fingerprint density at radius 1 is 0.935 bits per heavy atom. The molecule has 0 unspecified atom stereocenters. The first kappa shape index (κ1) is 20.3. The topological polar surface area (TPSA) is 77.6 Å². The first-order valence-electron chi connectivity index (χ1n) is 9.35. The average Bonchev–Trinajstić information content (AvgIpc) is 3.43. The number of carbonyl (C=O) groups is 1. The molecular formula is C21H17F3N6O. The number of halogens is 3. The number of rotatable bonds is 6. The van der Waals surface area contributed by atoms with Gasteiger partial charge in [-0.2, -0.15) is 23.4 Å². The Labute approximate surface area is 175 Å². The molecule has 7 nitrogen and oxygen atoms in total. The van der Waals surface area contributed by atoms with Crippen molar-refractivity contribution in [2.24, 2.45) is 0 Å². The van der Waals surface area contributed by atoms with E-state index < -0.39 is 11.9 Å². The lowest BCUT2D eigenvalue weighted by Crippen LogP contribution is -2.13. The zero-order chi connectivity index (χ0) is 21.8. The molecule has 158 valence electrons. The summed E-state index contributed by atoms with van der Waals surface area (Å²) in [4.78, 5) is 16.4. The second-order valence-corrected chi connectivity index (χ2v) is 6.71. The highest BCUT2D eigenvalue weighted by Crippen LogP contribution is 2.27. The predicted molar refractivity (Wildman–Crippen MR) is 107 cm³/mol. The number of anilines is 1. The third-order valence-corrected chi connectivity index (χ3v) is 4.53. The molecule has 0 saturated carbocycles. The number of aryl methyl sites for hydroxylation is 2. The SMILES string of the molecule is O=C(Nc1ccn(CCc2ccncc2)n1)c1ccc(-n2ccc(C(F)(F)F)n2)cc1. The molecule has 31 heavy (non-hydrogen) atoms. The molecule has 10 heteroatoms. The number of hydrogen-bond donors (Lipinski definition) is 1. The molecule has 3 aromatic heterocycles. The number of carbonyl (C=O) groups excluding carboxylic acids is 1. The Bertz CT molecular complexity index is 1170. The number of nitrogens with one attached hydrogen (secondary N) is 1. The number of benzene rings is 1. The van der Waals surface area contributed by atoms with Gasteiger partial charge in [0.2, 0.25) is 0 Å². The number of hydrogen-bond acceptors (Lipinski definition) is 4. The third-order valence-electron chi connectivity index (χ3n) is 4.53. The van der Waals surface area contributed by atoms with Crippen molar-refractivity contribution in [2.75, 3.05) is 5.32 Å². The van der Waals surface area contributed by atoms with Gasteiger partial charge in [-0.15, -0.1) is 0 Å². The molecule has 1 aromatic carbocycles. The quantitative estimate of drug-likeness (QED) is 0.506. The Balaban J connectivity index is 1.37. The molecule has 1 N–H and O–H groups in total. The van der Waals surface area contributed by atoms with Crippen LogP contribution in [0.2, 0.25) is 0 Å². The molecular weight excluding hydrogens is 409 g/mol. The van der Waals surface area contributed by atoms with Gasteiger partial charge >= 0.3 is 6.18 Å². The van der Waals surface area contributed by atoms with Crippen LogP contribution in [0, 0.1) is 0 Å². The van der Waals surface area contributed by atoms with E-state index in [0.717, 1.165) is 22.7 Å². The van der Waals surface area contributed by atoms with E-state index in [4.69, 9.17) is 0 Å². The molecule has 0 bridgehead atoms. The lowest BCUT2D eigenvalue weighted by Gasteiger charge is -2.06. The van der Waals surface area contributed by atoms with Gasteiger partial charge in [0.1, 0.15) is 0 Å². The summed E-state index contributed by atoms with van der Waals surface area (Å²) in [5.74, 6) is 0.0353. The van der Waals surface area contributed by atoms with Gasteiger partial charge in [0.25, 0.3) is 5.91 Å². The summed E-state index contributed by atoms with van der Waals surface area (Å²) in [6.07, 6.45) is 2.73. The van der Waals surface area contributed by atoms with Crippen molar-refractivity contribution in [3.8, 4) is 5.69 Å². The third kappa shape index (κ3) is 4.97. The molecule has 4 rings (SSSR count). The van der Waals surface area contributed by atoms with Crippen molar-refractivity contribution < 1.29 is 18.0 Å². The van der Waals surface area contributed by atoms with E-state index in [-0.39, 0.29) is 5.91 Å². The summed E-state index contributed by atoms with van der Waals surface area (Å²) in [5.41, 5.74) is 0.912. The predicted octanol–water partition coefficient (Wildman–Crippen LogP) is 3.98. The van der Waals surface area contributed by atoms with Gasteiger partial charge in [-0.3, -0.25) is 14.5 Å². The minimum absolute atomic E-state index is 0.346. The molecule has 0 saturated heterocycles. The van der Waals surface area contributed by atoms with Crippen molar-refractivity contribution in [1.29, 1.82) is 0 Å². The van der Waals surface area contributed by atoms with E-state index >= 15 is 0 Å². The summed E-state index contributed by atoms with van der Waals surface area (Å²) in [6.45, 7) is 0.651. The average molecular weight is 426 g/mol. The van der Waals surface area contributed by atoms with Crippen molar-refractivity contribution >= 4 is 11.7 Å². The second kappa shape index (κ2) is 8.42. The maximum absolute atomic E-state index is 12.7. The molecule has 4 aromatic rings. The van der Waals surface area contributed by atoms with E-state index in [2.05, 4.69) is 20.5 Å². The lowest BCUT2D eigenvalue weighted by atomic mass is 10.2. The van der Waals surface area contributed by atoms with Gasteiger partial charge in [-0.25, -0.2) is 4.68 Å². The van der Waals surface area contributed by atoms with E-state index in [1.807, 2.05) is 12.1 Å². The Morgan fingerprint density at radius 3 is 2.35 bits per heavy atom. The molecule has 0 atom stereocenters. The molecule has 0 aliphatic heterocycles. The zero-order valence-electron chi connectivity index (χ0n) is 16.1. The van der Waals surface area contributed by atoms with Crippen LogP contribution >= 0.6 is 0 Å². The van der Waals surface area contributed by atoms with E-state index in [9.17, 15) is 18.0 Å². The minimum atomic E-state index is -4.51. The van der Waals surface area contributed by atoms with E-state index in [0.29, 0.717) is 23.6 Å². The van der Waals surface area contributed by atoms with Gasteiger partial charge in [0, 0.05) is 43.0 Å². The van der Waals surface area contributed by atoms with Crippen LogP contribution in [0.5, 0.6) is 0 Å². The highest BCUT2D eigenvalue weighted by atomic mass is 19.4. The molecule has 0 aliphatic rings. The summed E-state index contributed by atoms with van der Waals surface area (Å²) in [6, 6.07) is 12.5. The highest BCUT2D eigenvalue weighted by molar-refractivity contribution is 6.03. The van der Waals surface area contributed by atoms with Crippen LogP contribution in [0.3, 0.4) is 0 Å². The first-order valence-corrected chi connectivity index (χ1v) is 9.35. The largest absolute Gasteiger partial charge is 0.435 e. The summed E-state index contributed by atoms with van der Waals surface area (Å²) < 4.78 is 40.9. The number of nitrogens with zero attached hydrogens (tertiary/aromatic N) is 5. The van der Waals surface area contributed by atoms with Crippen molar-refractivity contribution in [3.63, 3.8) is 0 Å². The fourth-order valence-corrected chi connectivity index (χ4v) is 2.92. The smallest absolute Gasteiger partial charge is 0.305 e. The number of pyridine rings is 1. The van der Waals surface area contributed by atoms with Gasteiger partial charge < -0.3 is 5.32 Å². The van der Waals surface area contributed by atoms with Crippen LogP contribution in [0.1, 0.15) is 21.6 Å². The summed E-state index contributed by atoms with van der Waals surface area (Å²) >= 11 is 0. The fourth-order valence-electron chi connectivity index (χ4n) is 2.92. The van der Waals surface area contributed by atoms with Gasteiger partial charge in [-0.1, -0.05) is 0 Å². The first-order chi connectivity index (χ1) is 14.9. The van der Waals surface area contributed by atoms with E-state index in [1.54, 1.807) is 29.3 Å². The molecule has 0 aliphatic carbocycles. The second-order valence-electron chi connectivity index (χ2n) is 6.71. The van der Waals surface area contributed by atoms with Crippen LogP contribution in [0.15, 0.2) is 73.3 Å². The number of aromatic nitrogens is 5. The fraction of sp³-hybridized carbons (Fsp3) is 0.143. The van der Waals surface area contributed by atoms with Crippen LogP contribution in [-0.4, -0.2) is 30.5 Å². The van der Waals surface area contributed by atoms with E-state index in [1.165, 1.54) is 30.5 Å². The normalized spacial score (nSPS) is 11.5. The van der Waals surface area contributed by atoms with Crippen LogP contribution in [0.4, 0.5) is 19.0 Å². The lowest BCUT2D eigenvalue weighted by molar-refractivity contribution is -0.141. The number of alkyl halides is 3. The van der Waals surface area contributed by atoms with Crippen molar-refractivity contribution in [2.45, 2.75) is 19.1 Å². The Kier molecular flexibility index (Phi) is 5.52. The minimum Gasteiger partial charge on any atom is -0.305 e. The molecule has 0 radical (unpaired) electrons. The van der Waals surface area contributed by atoms with Crippen molar-refractivity contribution in [3.05, 3.63) is 90.1 Å². The van der Waals surface area contributed by atoms with Gasteiger partial charge in [0.15, 0.2) is 11.5 Å².